The topological polar surface area (TPSA) is 96.0 Å². The predicted molar refractivity (Wildman–Crippen MR) is 147 cm³/mol. The molecule has 2 amide bonds. The highest BCUT2D eigenvalue weighted by Crippen LogP contribution is 2.25. The van der Waals surface area contributed by atoms with Crippen LogP contribution in [-0.4, -0.2) is 57.1 Å². The summed E-state index contributed by atoms with van der Waals surface area (Å²) >= 11 is 12.2. The van der Waals surface area contributed by atoms with E-state index in [9.17, 15) is 18.0 Å². The molecule has 1 aliphatic rings. The zero-order valence-corrected chi connectivity index (χ0v) is 23.6. The van der Waals surface area contributed by atoms with Crippen LogP contribution in [0.3, 0.4) is 0 Å². The third kappa shape index (κ3) is 7.99. The van der Waals surface area contributed by atoms with Crippen LogP contribution in [0.4, 0.5) is 5.69 Å². The lowest BCUT2D eigenvalue weighted by atomic mass is 9.95. The molecule has 1 saturated carbocycles. The molecule has 8 nitrogen and oxygen atoms in total. The maximum absolute atomic E-state index is 13.6. The molecule has 37 heavy (non-hydrogen) atoms. The van der Waals surface area contributed by atoms with Crippen molar-refractivity contribution < 1.29 is 22.7 Å². The molecule has 0 saturated heterocycles. The normalized spacial score (nSPS) is 15.1. The lowest BCUT2D eigenvalue weighted by Gasteiger charge is -2.33. The molecular weight excluding hydrogens is 537 g/mol. The van der Waals surface area contributed by atoms with Gasteiger partial charge in [-0.2, -0.15) is 0 Å². The minimum atomic E-state index is -3.81. The number of benzene rings is 2. The molecule has 0 aromatic heterocycles. The zero-order chi connectivity index (χ0) is 27.2. The molecule has 0 spiro atoms. The van der Waals surface area contributed by atoms with Gasteiger partial charge in [0, 0.05) is 12.6 Å². The van der Waals surface area contributed by atoms with Gasteiger partial charge in [0.25, 0.3) is 0 Å². The van der Waals surface area contributed by atoms with E-state index >= 15 is 0 Å². The summed E-state index contributed by atoms with van der Waals surface area (Å²) in [6, 6.07) is 10.6. The molecule has 1 atom stereocenters. The van der Waals surface area contributed by atoms with Gasteiger partial charge in [-0.15, -0.1) is 0 Å². The molecule has 2 aromatic rings. The number of sulfonamides is 1. The van der Waals surface area contributed by atoms with Crippen LogP contribution in [-0.2, 0) is 26.2 Å². The van der Waals surface area contributed by atoms with Gasteiger partial charge in [0.2, 0.25) is 21.8 Å². The molecular formula is C26H33Cl2N3O5S. The van der Waals surface area contributed by atoms with E-state index in [4.69, 9.17) is 27.9 Å². The van der Waals surface area contributed by atoms with Gasteiger partial charge < -0.3 is 15.0 Å². The molecule has 3 rings (SSSR count). The van der Waals surface area contributed by atoms with E-state index in [2.05, 4.69) is 5.32 Å². The fourth-order valence-electron chi connectivity index (χ4n) is 4.35. The Morgan fingerprint density at radius 1 is 1.05 bits per heavy atom. The highest BCUT2D eigenvalue weighted by molar-refractivity contribution is 7.92. The first-order valence-electron chi connectivity index (χ1n) is 12.1. The van der Waals surface area contributed by atoms with Crippen molar-refractivity contribution in [1.29, 1.82) is 0 Å². The van der Waals surface area contributed by atoms with Gasteiger partial charge in [-0.3, -0.25) is 13.9 Å². The van der Waals surface area contributed by atoms with Crippen LogP contribution in [0.2, 0.25) is 10.0 Å². The number of halogens is 2. The lowest BCUT2D eigenvalue weighted by molar-refractivity contribution is -0.139. The Morgan fingerprint density at radius 3 is 2.27 bits per heavy atom. The second-order valence-electron chi connectivity index (χ2n) is 9.26. The molecule has 0 bridgehead atoms. The molecule has 1 unspecified atom stereocenters. The molecule has 1 fully saturated rings. The molecule has 1 N–H and O–H groups in total. The quantitative estimate of drug-likeness (QED) is 0.449. The number of anilines is 1. The first-order chi connectivity index (χ1) is 17.5. The second-order valence-corrected chi connectivity index (χ2v) is 12.0. The summed E-state index contributed by atoms with van der Waals surface area (Å²) < 4.78 is 31.5. The maximum Gasteiger partial charge on any atom is 0.244 e. The molecule has 202 valence electrons. The smallest absolute Gasteiger partial charge is 0.244 e. The fraction of sp³-hybridized carbons (Fsp3) is 0.462. The Hall–Kier alpha value is -2.49. The van der Waals surface area contributed by atoms with E-state index < -0.39 is 28.5 Å². The second kappa shape index (κ2) is 12.8. The van der Waals surface area contributed by atoms with Gasteiger partial charge in [0.1, 0.15) is 18.3 Å². The van der Waals surface area contributed by atoms with Gasteiger partial charge >= 0.3 is 0 Å². The van der Waals surface area contributed by atoms with E-state index in [1.165, 1.54) is 12.0 Å². The fourth-order valence-corrected chi connectivity index (χ4v) is 5.52. The van der Waals surface area contributed by atoms with Crippen LogP contribution in [0.5, 0.6) is 5.75 Å². The summed E-state index contributed by atoms with van der Waals surface area (Å²) in [5.74, 6) is -0.257. The summed E-state index contributed by atoms with van der Waals surface area (Å²) in [5, 5.41) is 3.75. The lowest BCUT2D eigenvalue weighted by Crippen LogP contribution is -2.52. The van der Waals surface area contributed by atoms with Crippen LogP contribution in [0.25, 0.3) is 0 Å². The van der Waals surface area contributed by atoms with Crippen molar-refractivity contribution >= 4 is 50.7 Å². The Kier molecular flexibility index (Phi) is 10.1. The minimum absolute atomic E-state index is 0.0508. The number of nitrogens with zero attached hydrogens (tertiary/aromatic N) is 2. The third-order valence-corrected chi connectivity index (χ3v) is 8.37. The van der Waals surface area contributed by atoms with Crippen LogP contribution < -0.4 is 14.4 Å². The van der Waals surface area contributed by atoms with Gasteiger partial charge in [0.15, 0.2) is 0 Å². The standard InChI is InChI=1S/C26H33Cl2N3O5S/c1-18(26(33)29-20-7-5-4-6-8-20)30(16-19-9-14-23(27)24(28)15-19)25(32)17-31(37(3,34)35)21-10-12-22(36-2)13-11-21/h9-15,18,20H,4-8,16-17H2,1-3H3,(H,29,33). The number of hydrogen-bond donors (Lipinski definition) is 1. The van der Waals surface area contributed by atoms with Gasteiger partial charge in [0.05, 0.1) is 29.1 Å². The van der Waals surface area contributed by atoms with Crippen LogP contribution in [0.1, 0.15) is 44.6 Å². The van der Waals surface area contributed by atoms with E-state index in [1.807, 2.05) is 0 Å². The highest BCUT2D eigenvalue weighted by atomic mass is 35.5. The summed E-state index contributed by atoms with van der Waals surface area (Å²) in [5.41, 5.74) is 0.973. The summed E-state index contributed by atoms with van der Waals surface area (Å²) in [7, 11) is -2.31. The number of rotatable bonds is 10. The van der Waals surface area contributed by atoms with E-state index in [-0.39, 0.29) is 18.5 Å². The molecule has 0 heterocycles. The number of carbonyl (C=O) groups is 2. The molecule has 0 radical (unpaired) electrons. The van der Waals surface area contributed by atoms with Crippen molar-refractivity contribution in [2.24, 2.45) is 0 Å². The average Bonchev–Trinajstić information content (AvgIpc) is 2.87. The third-order valence-electron chi connectivity index (χ3n) is 6.50. The van der Waals surface area contributed by atoms with E-state index in [0.29, 0.717) is 27.0 Å². The van der Waals surface area contributed by atoms with Crippen molar-refractivity contribution in [3.05, 3.63) is 58.1 Å². The van der Waals surface area contributed by atoms with Gasteiger partial charge in [-0.25, -0.2) is 8.42 Å². The molecule has 1 aliphatic carbocycles. The van der Waals surface area contributed by atoms with Gasteiger partial charge in [-0.1, -0.05) is 48.5 Å². The average molecular weight is 571 g/mol. The monoisotopic (exact) mass is 569 g/mol. The van der Waals surface area contributed by atoms with Crippen LogP contribution in [0, 0.1) is 0 Å². The van der Waals surface area contributed by atoms with E-state index in [1.54, 1.807) is 49.4 Å². The molecule has 0 aliphatic heterocycles. The number of carbonyl (C=O) groups excluding carboxylic acids is 2. The molecule has 11 heteroatoms. The Bertz CT molecular complexity index is 1200. The SMILES string of the molecule is COc1ccc(N(CC(=O)N(Cc2ccc(Cl)c(Cl)c2)C(C)C(=O)NC2CCCCC2)S(C)(=O)=O)cc1. The maximum atomic E-state index is 13.6. The Morgan fingerprint density at radius 2 is 1.70 bits per heavy atom. The van der Waals surface area contributed by atoms with Crippen molar-refractivity contribution in [1.82, 2.24) is 10.2 Å². The van der Waals surface area contributed by atoms with Crippen molar-refractivity contribution in [3.63, 3.8) is 0 Å². The predicted octanol–water partition coefficient (Wildman–Crippen LogP) is 4.63. The zero-order valence-electron chi connectivity index (χ0n) is 21.2. The highest BCUT2D eigenvalue weighted by Gasteiger charge is 2.31. The summed E-state index contributed by atoms with van der Waals surface area (Å²) in [6.45, 7) is 1.22. The number of methoxy groups -OCH3 is 1. The first kappa shape index (κ1) is 29.1. The number of nitrogens with one attached hydrogen (secondary N) is 1. The summed E-state index contributed by atoms with van der Waals surface area (Å²) in [6.07, 6.45) is 6.09. The van der Waals surface area contributed by atoms with Gasteiger partial charge in [-0.05, 0) is 61.7 Å². The summed E-state index contributed by atoms with van der Waals surface area (Å²) in [4.78, 5) is 28.2. The Balaban J connectivity index is 1.88. The Labute approximate surface area is 228 Å². The number of hydrogen-bond acceptors (Lipinski definition) is 5. The number of amides is 2. The first-order valence-corrected chi connectivity index (χ1v) is 14.8. The minimum Gasteiger partial charge on any atom is -0.497 e. The van der Waals surface area contributed by atoms with Crippen molar-refractivity contribution in [2.75, 3.05) is 24.2 Å². The van der Waals surface area contributed by atoms with Crippen molar-refractivity contribution in [3.8, 4) is 5.75 Å². The molecule has 2 aromatic carbocycles. The largest absolute Gasteiger partial charge is 0.497 e. The number of ether oxygens (including phenoxy) is 1. The van der Waals surface area contributed by atoms with Crippen molar-refractivity contribution in [2.45, 2.75) is 57.7 Å². The van der Waals surface area contributed by atoms with Crippen LogP contribution in [0.15, 0.2) is 42.5 Å². The van der Waals surface area contributed by atoms with E-state index in [0.717, 1.165) is 42.7 Å². The van der Waals surface area contributed by atoms with Crippen LogP contribution >= 0.6 is 23.2 Å².